The van der Waals surface area contributed by atoms with Crippen LogP contribution in [0.25, 0.3) is 5.57 Å². The van der Waals surface area contributed by atoms with Gasteiger partial charge in [-0.25, -0.2) is 0 Å². The lowest BCUT2D eigenvalue weighted by atomic mass is 9.98. The van der Waals surface area contributed by atoms with Crippen molar-refractivity contribution in [3.8, 4) is 5.75 Å². The minimum absolute atomic E-state index is 0.674. The first kappa shape index (κ1) is 11.5. The molecule has 0 bridgehead atoms. The van der Waals surface area contributed by atoms with Gasteiger partial charge in [-0.1, -0.05) is 24.3 Å². The van der Waals surface area contributed by atoms with Crippen LogP contribution in [0.5, 0.6) is 5.75 Å². The van der Waals surface area contributed by atoms with E-state index in [0.717, 1.165) is 31.6 Å². The Bertz CT molecular complexity index is 396. The van der Waals surface area contributed by atoms with Crippen molar-refractivity contribution in [2.45, 2.75) is 26.2 Å². The molecule has 1 nitrogen and oxygen atoms in total. The van der Waals surface area contributed by atoms with Gasteiger partial charge in [-0.05, 0) is 37.3 Å². The molecule has 0 aromatic heterocycles. The van der Waals surface area contributed by atoms with Crippen LogP contribution in [-0.4, -0.2) is 12.5 Å². The topological polar surface area (TPSA) is 9.23 Å². The third-order valence-electron chi connectivity index (χ3n) is 2.92. The van der Waals surface area contributed by atoms with E-state index in [0.29, 0.717) is 5.88 Å². The Morgan fingerprint density at radius 1 is 1.50 bits per heavy atom. The number of hydrogen-bond donors (Lipinski definition) is 0. The predicted molar refractivity (Wildman–Crippen MR) is 69.2 cm³/mol. The summed E-state index contributed by atoms with van der Waals surface area (Å²) in [6.45, 7) is 2.97. The molecule has 0 saturated heterocycles. The summed E-state index contributed by atoms with van der Waals surface area (Å²) in [7, 11) is 0. The van der Waals surface area contributed by atoms with Crippen molar-refractivity contribution >= 4 is 17.2 Å². The molecule has 1 aromatic carbocycles. The first-order valence-corrected chi connectivity index (χ1v) is 6.34. The molecule has 0 fully saturated rings. The average molecular weight is 237 g/mol. The zero-order valence-corrected chi connectivity index (χ0v) is 10.4. The molecule has 0 spiro atoms. The van der Waals surface area contributed by atoms with Crippen LogP contribution < -0.4 is 4.74 Å². The standard InChI is InChI=1S/C14H17ClO/c1-11(5-3-9-15)13-8-2-6-12-7-4-10-16-14(12)13/h2,5-6,8H,3-4,7,9-10H2,1H3/b11-5-. The minimum Gasteiger partial charge on any atom is -0.493 e. The highest BCUT2D eigenvalue weighted by molar-refractivity contribution is 6.17. The molecule has 1 aliphatic heterocycles. The Labute approximate surface area is 102 Å². The van der Waals surface area contributed by atoms with Crippen LogP contribution in [-0.2, 0) is 6.42 Å². The SMILES string of the molecule is C/C(=C/CCCl)c1cccc2c1OCCC2. The highest BCUT2D eigenvalue weighted by Gasteiger charge is 2.14. The van der Waals surface area contributed by atoms with E-state index in [1.807, 2.05) is 0 Å². The first-order valence-electron chi connectivity index (χ1n) is 5.80. The normalized spacial score (nSPS) is 15.5. The van der Waals surface area contributed by atoms with Crippen molar-refractivity contribution in [3.63, 3.8) is 0 Å². The van der Waals surface area contributed by atoms with E-state index < -0.39 is 0 Å². The Morgan fingerprint density at radius 3 is 3.19 bits per heavy atom. The molecule has 2 rings (SSSR count). The molecule has 0 atom stereocenters. The molecular weight excluding hydrogens is 220 g/mol. The molecular formula is C14H17ClO. The van der Waals surface area contributed by atoms with Gasteiger partial charge in [0, 0.05) is 11.4 Å². The second-order valence-electron chi connectivity index (χ2n) is 4.11. The Kier molecular flexibility index (Phi) is 3.89. The quantitative estimate of drug-likeness (QED) is 0.720. The summed E-state index contributed by atoms with van der Waals surface area (Å²) >= 11 is 5.70. The second kappa shape index (κ2) is 5.40. The van der Waals surface area contributed by atoms with Gasteiger partial charge in [-0.2, -0.15) is 0 Å². The Hall–Kier alpha value is -0.950. The van der Waals surface area contributed by atoms with Gasteiger partial charge in [-0.3, -0.25) is 0 Å². The molecule has 1 aromatic rings. The maximum absolute atomic E-state index is 5.78. The van der Waals surface area contributed by atoms with Gasteiger partial charge in [0.2, 0.25) is 0 Å². The van der Waals surface area contributed by atoms with Gasteiger partial charge in [0.25, 0.3) is 0 Å². The van der Waals surface area contributed by atoms with Crippen molar-refractivity contribution in [1.82, 2.24) is 0 Å². The van der Waals surface area contributed by atoms with Crippen LogP contribution >= 0.6 is 11.6 Å². The number of alkyl halides is 1. The van der Waals surface area contributed by atoms with Gasteiger partial charge in [-0.15, -0.1) is 11.6 Å². The van der Waals surface area contributed by atoms with Crippen molar-refractivity contribution in [3.05, 3.63) is 35.4 Å². The van der Waals surface area contributed by atoms with E-state index >= 15 is 0 Å². The van der Waals surface area contributed by atoms with Gasteiger partial charge >= 0.3 is 0 Å². The van der Waals surface area contributed by atoms with Gasteiger partial charge in [0.15, 0.2) is 0 Å². The van der Waals surface area contributed by atoms with Crippen LogP contribution in [0, 0.1) is 0 Å². The van der Waals surface area contributed by atoms with Crippen LogP contribution in [0.1, 0.15) is 30.9 Å². The summed E-state index contributed by atoms with van der Waals surface area (Å²) in [6.07, 6.45) is 5.35. The third kappa shape index (κ3) is 2.41. The number of hydrogen-bond acceptors (Lipinski definition) is 1. The Balaban J connectivity index is 2.33. The van der Waals surface area contributed by atoms with E-state index in [1.54, 1.807) is 0 Å². The van der Waals surface area contributed by atoms with E-state index in [1.165, 1.54) is 16.7 Å². The number of ether oxygens (including phenoxy) is 1. The summed E-state index contributed by atoms with van der Waals surface area (Å²) in [6, 6.07) is 6.40. The number of aryl methyl sites for hydroxylation is 1. The Morgan fingerprint density at radius 2 is 2.38 bits per heavy atom. The molecule has 16 heavy (non-hydrogen) atoms. The van der Waals surface area contributed by atoms with Gasteiger partial charge in [0.05, 0.1) is 6.61 Å². The summed E-state index contributed by atoms with van der Waals surface area (Å²) in [5.74, 6) is 1.75. The number of fused-ring (bicyclic) bond motifs is 1. The zero-order valence-electron chi connectivity index (χ0n) is 9.63. The molecule has 0 unspecified atom stereocenters. The number of allylic oxidation sites excluding steroid dienone is 2. The molecule has 0 aliphatic carbocycles. The van der Waals surface area contributed by atoms with Crippen LogP contribution in [0.2, 0.25) is 0 Å². The van der Waals surface area contributed by atoms with Crippen molar-refractivity contribution in [2.75, 3.05) is 12.5 Å². The fourth-order valence-electron chi connectivity index (χ4n) is 2.08. The molecule has 86 valence electrons. The molecule has 0 amide bonds. The van der Waals surface area contributed by atoms with Crippen LogP contribution in [0.4, 0.5) is 0 Å². The van der Waals surface area contributed by atoms with Gasteiger partial charge < -0.3 is 4.74 Å². The smallest absolute Gasteiger partial charge is 0.129 e. The van der Waals surface area contributed by atoms with Crippen molar-refractivity contribution in [1.29, 1.82) is 0 Å². The van der Waals surface area contributed by atoms with E-state index in [9.17, 15) is 0 Å². The lowest BCUT2D eigenvalue weighted by molar-refractivity contribution is 0.287. The van der Waals surface area contributed by atoms with Crippen molar-refractivity contribution in [2.24, 2.45) is 0 Å². The number of halogens is 1. The average Bonchev–Trinajstić information content (AvgIpc) is 2.35. The summed E-state index contributed by atoms with van der Waals surface area (Å²) in [5, 5.41) is 0. The molecule has 1 heterocycles. The predicted octanol–water partition coefficient (Wildman–Crippen LogP) is 4.04. The molecule has 2 heteroatoms. The van der Waals surface area contributed by atoms with Crippen LogP contribution in [0.3, 0.4) is 0 Å². The van der Waals surface area contributed by atoms with Gasteiger partial charge in [0.1, 0.15) is 5.75 Å². The van der Waals surface area contributed by atoms with Crippen molar-refractivity contribution < 1.29 is 4.74 Å². The second-order valence-corrected chi connectivity index (χ2v) is 4.49. The summed E-state index contributed by atoms with van der Waals surface area (Å²) < 4.78 is 5.78. The zero-order chi connectivity index (χ0) is 11.4. The number of para-hydroxylation sites is 1. The lowest BCUT2D eigenvalue weighted by Crippen LogP contribution is -2.09. The number of rotatable bonds is 3. The minimum atomic E-state index is 0.674. The molecule has 0 radical (unpaired) electrons. The largest absolute Gasteiger partial charge is 0.493 e. The lowest BCUT2D eigenvalue weighted by Gasteiger charge is -2.20. The highest BCUT2D eigenvalue weighted by Crippen LogP contribution is 2.33. The highest BCUT2D eigenvalue weighted by atomic mass is 35.5. The third-order valence-corrected chi connectivity index (χ3v) is 3.14. The summed E-state index contributed by atoms with van der Waals surface area (Å²) in [5.41, 5.74) is 3.82. The fourth-order valence-corrected chi connectivity index (χ4v) is 2.19. The molecule has 1 aliphatic rings. The van der Waals surface area contributed by atoms with E-state index in [4.69, 9.17) is 16.3 Å². The van der Waals surface area contributed by atoms with Crippen LogP contribution in [0.15, 0.2) is 24.3 Å². The first-order chi connectivity index (χ1) is 7.83. The summed E-state index contributed by atoms with van der Waals surface area (Å²) in [4.78, 5) is 0. The fraction of sp³-hybridized carbons (Fsp3) is 0.429. The monoisotopic (exact) mass is 236 g/mol. The van der Waals surface area contributed by atoms with E-state index in [2.05, 4.69) is 31.2 Å². The maximum atomic E-state index is 5.78. The number of benzene rings is 1. The maximum Gasteiger partial charge on any atom is 0.129 e. The molecule has 0 N–H and O–H groups in total. The van der Waals surface area contributed by atoms with E-state index in [-0.39, 0.29) is 0 Å². The molecule has 0 saturated carbocycles.